The second kappa shape index (κ2) is 11.0. The third kappa shape index (κ3) is 5.10. The zero-order chi connectivity index (χ0) is 19.7. The Morgan fingerprint density at radius 2 is 1.92 bits per heavy atom. The molecule has 0 aliphatic heterocycles. The van der Waals surface area contributed by atoms with Crippen molar-refractivity contribution < 1.29 is 4.39 Å². The molecule has 1 aromatic carbocycles. The maximum atomic E-state index is 14.2. The molecular formula is C20H31FN4S. The van der Waals surface area contributed by atoms with Gasteiger partial charge in [0.05, 0.1) is 10.5 Å². The molecule has 3 N–H and O–H groups in total. The minimum atomic E-state index is -0.256. The van der Waals surface area contributed by atoms with Crippen molar-refractivity contribution in [1.82, 2.24) is 4.98 Å². The first-order chi connectivity index (χ1) is 12.6. The van der Waals surface area contributed by atoms with Gasteiger partial charge in [-0.2, -0.15) is 0 Å². The SMILES string of the molecule is CC.CC.CN=CN=C(N)c1c(C)cc(F)c2[nH]c(SC3CCC3)cc12. The van der Waals surface area contributed by atoms with E-state index in [1.54, 1.807) is 18.8 Å². The number of thioether (sulfide) groups is 1. The van der Waals surface area contributed by atoms with Crippen molar-refractivity contribution in [2.45, 2.75) is 64.2 Å². The van der Waals surface area contributed by atoms with E-state index in [0.717, 1.165) is 21.5 Å². The van der Waals surface area contributed by atoms with E-state index in [4.69, 9.17) is 5.73 Å². The molecule has 1 aromatic heterocycles. The molecule has 26 heavy (non-hydrogen) atoms. The lowest BCUT2D eigenvalue weighted by molar-refractivity contribution is 0.522. The Balaban J connectivity index is 0.000000791. The van der Waals surface area contributed by atoms with E-state index in [0.29, 0.717) is 16.6 Å². The molecule has 3 rings (SSSR count). The first-order valence-corrected chi connectivity index (χ1v) is 10.2. The predicted molar refractivity (Wildman–Crippen MR) is 114 cm³/mol. The molecule has 6 heteroatoms. The third-order valence-corrected chi connectivity index (χ3v) is 5.23. The quantitative estimate of drug-likeness (QED) is 0.531. The minimum absolute atomic E-state index is 0.256. The second-order valence-corrected chi connectivity index (χ2v) is 6.87. The highest BCUT2D eigenvalue weighted by molar-refractivity contribution is 7.99. The number of nitrogens with one attached hydrogen (secondary N) is 1. The van der Waals surface area contributed by atoms with E-state index >= 15 is 0 Å². The van der Waals surface area contributed by atoms with Crippen molar-refractivity contribution in [3.8, 4) is 0 Å². The topological polar surface area (TPSA) is 66.5 Å². The van der Waals surface area contributed by atoms with Crippen LogP contribution in [0.5, 0.6) is 0 Å². The smallest absolute Gasteiger partial charge is 0.147 e. The van der Waals surface area contributed by atoms with E-state index in [-0.39, 0.29) is 5.82 Å². The maximum absolute atomic E-state index is 14.2. The lowest BCUT2D eigenvalue weighted by atomic mass is 10.0. The molecule has 1 aliphatic rings. The normalized spacial score (nSPS) is 14.5. The van der Waals surface area contributed by atoms with Crippen molar-refractivity contribution in [2.75, 3.05) is 7.05 Å². The van der Waals surface area contributed by atoms with Crippen LogP contribution in [0.15, 0.2) is 27.1 Å². The molecular weight excluding hydrogens is 347 g/mol. The number of amidine groups is 1. The van der Waals surface area contributed by atoms with Crippen LogP contribution in [0, 0.1) is 12.7 Å². The van der Waals surface area contributed by atoms with Gasteiger partial charge >= 0.3 is 0 Å². The van der Waals surface area contributed by atoms with Crippen LogP contribution in [0.25, 0.3) is 10.9 Å². The highest BCUT2D eigenvalue weighted by Gasteiger charge is 2.21. The number of nitrogens with zero attached hydrogens (tertiary/aromatic N) is 2. The monoisotopic (exact) mass is 378 g/mol. The number of aryl methyl sites for hydroxylation is 1. The molecule has 0 spiro atoms. The summed E-state index contributed by atoms with van der Waals surface area (Å²) in [5.41, 5.74) is 8.10. The van der Waals surface area contributed by atoms with E-state index in [1.807, 2.05) is 40.7 Å². The summed E-state index contributed by atoms with van der Waals surface area (Å²) < 4.78 is 14.2. The summed E-state index contributed by atoms with van der Waals surface area (Å²) in [4.78, 5) is 11.1. The Morgan fingerprint density at radius 1 is 1.27 bits per heavy atom. The molecule has 0 atom stereocenters. The molecule has 0 bridgehead atoms. The molecule has 1 aliphatic carbocycles. The Hall–Kier alpha value is -1.82. The van der Waals surface area contributed by atoms with Crippen LogP contribution in [0.3, 0.4) is 0 Å². The Kier molecular flexibility index (Phi) is 9.41. The van der Waals surface area contributed by atoms with Crippen LogP contribution in [-0.2, 0) is 0 Å². The lowest BCUT2D eigenvalue weighted by Crippen LogP contribution is -2.15. The van der Waals surface area contributed by atoms with Crippen LogP contribution in [-0.4, -0.2) is 29.5 Å². The van der Waals surface area contributed by atoms with Crippen LogP contribution < -0.4 is 5.73 Å². The zero-order valence-corrected chi connectivity index (χ0v) is 17.5. The van der Waals surface area contributed by atoms with Gasteiger partial charge in [-0.25, -0.2) is 9.38 Å². The number of rotatable bonds is 4. The van der Waals surface area contributed by atoms with E-state index < -0.39 is 0 Å². The zero-order valence-electron chi connectivity index (χ0n) is 16.7. The predicted octanol–water partition coefficient (Wildman–Crippen LogP) is 5.68. The van der Waals surface area contributed by atoms with E-state index in [1.165, 1.54) is 31.7 Å². The van der Waals surface area contributed by atoms with Crippen molar-refractivity contribution >= 4 is 34.8 Å². The number of aromatic nitrogens is 1. The molecule has 144 valence electrons. The fourth-order valence-corrected chi connectivity index (χ4v) is 3.89. The van der Waals surface area contributed by atoms with Gasteiger partial charge in [0, 0.05) is 23.2 Å². The number of hydrogen-bond acceptors (Lipinski definition) is 2. The molecule has 0 unspecified atom stereocenters. The van der Waals surface area contributed by atoms with Crippen LogP contribution in [0.1, 0.15) is 58.1 Å². The Labute approximate surface area is 160 Å². The summed E-state index contributed by atoms with van der Waals surface area (Å²) in [6.07, 6.45) is 5.14. The van der Waals surface area contributed by atoms with Gasteiger partial charge in [0.15, 0.2) is 0 Å². The molecule has 1 saturated carbocycles. The van der Waals surface area contributed by atoms with Gasteiger partial charge in [-0.3, -0.25) is 4.99 Å². The molecule has 1 heterocycles. The fraction of sp³-hybridized carbons (Fsp3) is 0.500. The van der Waals surface area contributed by atoms with Crippen molar-refractivity contribution in [3.63, 3.8) is 0 Å². The summed E-state index contributed by atoms with van der Waals surface area (Å²) in [6, 6.07) is 3.48. The molecule has 2 aromatic rings. The molecule has 1 fully saturated rings. The van der Waals surface area contributed by atoms with Gasteiger partial charge in [0.25, 0.3) is 0 Å². The fourth-order valence-electron chi connectivity index (χ4n) is 2.62. The summed E-state index contributed by atoms with van der Waals surface area (Å²) in [5, 5.41) is 2.41. The van der Waals surface area contributed by atoms with Crippen LogP contribution in [0.4, 0.5) is 4.39 Å². The number of aromatic amines is 1. The van der Waals surface area contributed by atoms with E-state index in [9.17, 15) is 4.39 Å². The molecule has 0 radical (unpaired) electrons. The van der Waals surface area contributed by atoms with Gasteiger partial charge in [-0.1, -0.05) is 34.1 Å². The first kappa shape index (κ1) is 22.2. The average molecular weight is 379 g/mol. The number of H-pyrrole nitrogens is 1. The Bertz CT molecular complexity index is 761. The number of fused-ring (bicyclic) bond motifs is 1. The highest BCUT2D eigenvalue weighted by Crippen LogP contribution is 2.38. The number of benzene rings is 1. The van der Waals surface area contributed by atoms with Gasteiger partial charge in [-0.15, -0.1) is 11.8 Å². The van der Waals surface area contributed by atoms with Crippen LogP contribution >= 0.6 is 11.8 Å². The summed E-state index contributed by atoms with van der Waals surface area (Å²) in [5.74, 6) is 0.0981. The van der Waals surface area contributed by atoms with Crippen molar-refractivity contribution in [1.29, 1.82) is 0 Å². The maximum Gasteiger partial charge on any atom is 0.147 e. The highest BCUT2D eigenvalue weighted by atomic mass is 32.2. The van der Waals surface area contributed by atoms with Gasteiger partial charge in [0.2, 0.25) is 0 Å². The summed E-state index contributed by atoms with van der Waals surface area (Å²) in [6.45, 7) is 9.84. The minimum Gasteiger partial charge on any atom is -0.383 e. The second-order valence-electron chi connectivity index (χ2n) is 5.53. The summed E-state index contributed by atoms with van der Waals surface area (Å²) >= 11 is 1.78. The van der Waals surface area contributed by atoms with Crippen molar-refractivity contribution in [3.05, 3.63) is 29.1 Å². The van der Waals surface area contributed by atoms with Gasteiger partial charge in [-0.05, 0) is 37.5 Å². The first-order valence-electron chi connectivity index (χ1n) is 9.33. The van der Waals surface area contributed by atoms with Crippen LogP contribution in [0.2, 0.25) is 0 Å². The van der Waals surface area contributed by atoms with Gasteiger partial charge < -0.3 is 10.7 Å². The number of nitrogens with two attached hydrogens (primary N) is 1. The third-order valence-electron chi connectivity index (χ3n) is 3.95. The van der Waals surface area contributed by atoms with Gasteiger partial charge in [0.1, 0.15) is 18.0 Å². The average Bonchev–Trinajstić information content (AvgIpc) is 3.04. The number of hydrogen-bond donors (Lipinski definition) is 2. The molecule has 0 amide bonds. The number of halogens is 1. The molecule has 0 saturated heterocycles. The lowest BCUT2D eigenvalue weighted by Gasteiger charge is -2.23. The number of aliphatic imine (C=N–C) groups is 2. The van der Waals surface area contributed by atoms with Crippen molar-refractivity contribution in [2.24, 2.45) is 15.7 Å². The molecule has 4 nitrogen and oxygen atoms in total. The summed E-state index contributed by atoms with van der Waals surface area (Å²) in [7, 11) is 1.63. The largest absolute Gasteiger partial charge is 0.383 e. The Morgan fingerprint density at radius 3 is 2.46 bits per heavy atom. The standard InChI is InChI=1S/C16H19FN4S.2C2H6/c1-9-6-12(17)15-11(14(9)16(18)20-8-19-2)7-13(21-15)22-10-4-3-5-10;2*1-2/h6-8,10,21H,3-5H2,1-2H3,(H2,18,19,20);2*1-2H3. The van der Waals surface area contributed by atoms with E-state index in [2.05, 4.69) is 15.0 Å².